The summed E-state index contributed by atoms with van der Waals surface area (Å²) in [5.41, 5.74) is 0.347. The molecule has 174 valence electrons. The fraction of sp³-hybridized carbons (Fsp3) is 0.273. The summed E-state index contributed by atoms with van der Waals surface area (Å²) in [7, 11) is 1.32. The van der Waals surface area contributed by atoms with E-state index in [2.05, 4.69) is 10.4 Å². The van der Waals surface area contributed by atoms with Gasteiger partial charge in [-0.2, -0.15) is 18.3 Å². The van der Waals surface area contributed by atoms with Crippen LogP contribution in [0, 0.1) is 5.82 Å². The number of carbonyl (C=O) groups excluding carboxylic acids is 1. The largest absolute Gasteiger partial charge is 0.493 e. The first-order valence-corrected chi connectivity index (χ1v) is 9.87. The minimum Gasteiger partial charge on any atom is -0.493 e. The molecule has 2 heterocycles. The van der Waals surface area contributed by atoms with Gasteiger partial charge in [0.05, 0.1) is 31.2 Å². The van der Waals surface area contributed by atoms with Crippen LogP contribution in [0.15, 0.2) is 42.6 Å². The molecular weight excluding hydrogens is 446 g/mol. The van der Waals surface area contributed by atoms with Crippen LogP contribution in [0.5, 0.6) is 11.5 Å². The highest BCUT2D eigenvalue weighted by Gasteiger charge is 2.31. The molecule has 1 aliphatic heterocycles. The van der Waals surface area contributed by atoms with Crippen LogP contribution in [0.3, 0.4) is 0 Å². The van der Waals surface area contributed by atoms with Crippen LogP contribution in [0.4, 0.5) is 17.6 Å². The first kappa shape index (κ1) is 22.6. The van der Waals surface area contributed by atoms with Gasteiger partial charge in [-0.3, -0.25) is 4.79 Å². The van der Waals surface area contributed by atoms with Crippen LogP contribution < -0.4 is 14.8 Å². The number of halogens is 4. The first-order chi connectivity index (χ1) is 15.8. The first-order valence-electron chi connectivity index (χ1n) is 9.87. The molecule has 0 bridgehead atoms. The lowest BCUT2D eigenvalue weighted by molar-refractivity contribution is -0.137. The van der Waals surface area contributed by atoms with Crippen molar-refractivity contribution in [2.45, 2.75) is 19.2 Å². The van der Waals surface area contributed by atoms with Crippen LogP contribution in [0.2, 0.25) is 0 Å². The number of fused-ring (bicyclic) bond motifs is 1. The Morgan fingerprint density at radius 2 is 2.09 bits per heavy atom. The van der Waals surface area contributed by atoms with Gasteiger partial charge in [0, 0.05) is 12.1 Å². The van der Waals surface area contributed by atoms with Crippen LogP contribution in [-0.2, 0) is 23.9 Å². The van der Waals surface area contributed by atoms with E-state index in [1.54, 1.807) is 0 Å². The van der Waals surface area contributed by atoms with Crippen LogP contribution >= 0.6 is 0 Å². The molecular formula is C22H19F4N3O4. The second-order valence-corrected chi connectivity index (χ2v) is 7.21. The van der Waals surface area contributed by atoms with E-state index >= 15 is 0 Å². The molecule has 0 saturated carbocycles. The van der Waals surface area contributed by atoms with Gasteiger partial charge in [0.15, 0.2) is 18.2 Å². The lowest BCUT2D eigenvalue weighted by atomic mass is 10.1. The monoisotopic (exact) mass is 465 g/mol. The molecule has 7 nitrogen and oxygen atoms in total. The molecule has 0 radical (unpaired) electrons. The van der Waals surface area contributed by atoms with Crippen LogP contribution in [-0.4, -0.2) is 36.1 Å². The number of rotatable bonds is 6. The van der Waals surface area contributed by atoms with Crippen molar-refractivity contribution in [1.82, 2.24) is 15.1 Å². The smallest absolute Gasteiger partial charge is 0.416 e. The molecule has 33 heavy (non-hydrogen) atoms. The Labute approximate surface area is 185 Å². The van der Waals surface area contributed by atoms with E-state index in [0.29, 0.717) is 16.9 Å². The van der Waals surface area contributed by atoms with E-state index in [4.69, 9.17) is 14.2 Å². The van der Waals surface area contributed by atoms with Gasteiger partial charge in [-0.25, -0.2) is 9.07 Å². The molecule has 0 spiro atoms. The lowest BCUT2D eigenvalue weighted by Gasteiger charge is -2.20. The molecule has 0 unspecified atom stereocenters. The van der Waals surface area contributed by atoms with Crippen molar-refractivity contribution in [3.8, 4) is 17.2 Å². The van der Waals surface area contributed by atoms with Crippen molar-refractivity contribution < 1.29 is 36.6 Å². The summed E-state index contributed by atoms with van der Waals surface area (Å²) < 4.78 is 69.8. The zero-order valence-corrected chi connectivity index (χ0v) is 17.4. The second kappa shape index (κ2) is 9.10. The molecule has 0 fully saturated rings. The van der Waals surface area contributed by atoms with E-state index in [-0.39, 0.29) is 43.5 Å². The van der Waals surface area contributed by atoms with Crippen molar-refractivity contribution >= 4 is 5.91 Å². The Balaban J connectivity index is 1.49. The van der Waals surface area contributed by atoms with E-state index in [0.717, 1.165) is 16.8 Å². The normalized spacial score (nSPS) is 13.2. The number of amides is 1. The summed E-state index contributed by atoms with van der Waals surface area (Å²) in [6.07, 6.45) is -2.91. The maximum atomic E-state index is 13.9. The number of nitrogens with one attached hydrogen (secondary N) is 1. The highest BCUT2D eigenvalue weighted by Crippen LogP contribution is 2.31. The molecule has 0 saturated heterocycles. The van der Waals surface area contributed by atoms with Gasteiger partial charge >= 0.3 is 6.18 Å². The molecule has 1 N–H and O–H groups in total. The molecule has 1 amide bonds. The third-order valence-corrected chi connectivity index (χ3v) is 4.99. The Bertz CT molecular complexity index is 1180. The average molecular weight is 465 g/mol. The average Bonchev–Trinajstić information content (AvgIpc) is 3.23. The Hall–Kier alpha value is -3.60. The molecule has 11 heteroatoms. The molecule has 3 aromatic rings. The number of benzene rings is 2. The van der Waals surface area contributed by atoms with Crippen molar-refractivity contribution in [3.63, 3.8) is 0 Å². The maximum Gasteiger partial charge on any atom is 0.416 e. The highest BCUT2D eigenvalue weighted by molar-refractivity contribution is 5.95. The van der Waals surface area contributed by atoms with Gasteiger partial charge in [0.25, 0.3) is 5.91 Å². The van der Waals surface area contributed by atoms with E-state index in [1.807, 2.05) is 0 Å². The quantitative estimate of drug-likeness (QED) is 0.560. The topological polar surface area (TPSA) is 74.6 Å². The molecule has 0 aliphatic carbocycles. The van der Waals surface area contributed by atoms with Gasteiger partial charge in [0.2, 0.25) is 0 Å². The van der Waals surface area contributed by atoms with Crippen molar-refractivity contribution in [1.29, 1.82) is 0 Å². The summed E-state index contributed by atoms with van der Waals surface area (Å²) in [4.78, 5) is 12.7. The second-order valence-electron chi connectivity index (χ2n) is 7.21. The minimum absolute atomic E-state index is 0.0577. The van der Waals surface area contributed by atoms with Gasteiger partial charge < -0.3 is 19.5 Å². The summed E-state index contributed by atoms with van der Waals surface area (Å²) in [6, 6.07) is 7.21. The van der Waals surface area contributed by atoms with Crippen molar-refractivity contribution in [2.24, 2.45) is 0 Å². The number of carbonyl (C=O) groups is 1. The predicted octanol–water partition coefficient (Wildman–Crippen LogP) is 3.88. The number of methoxy groups -OCH3 is 1. The fourth-order valence-corrected chi connectivity index (χ4v) is 3.46. The van der Waals surface area contributed by atoms with E-state index in [9.17, 15) is 22.4 Å². The Morgan fingerprint density at radius 3 is 2.85 bits per heavy atom. The molecule has 1 aliphatic rings. The SMILES string of the molecule is COc1cn(-c2cccc(C(F)(F)F)c2)nc1C(=O)NCCc1cc(F)cc2c1OCOC2. The third kappa shape index (κ3) is 4.92. The summed E-state index contributed by atoms with van der Waals surface area (Å²) >= 11 is 0. The molecule has 0 atom stereocenters. The maximum absolute atomic E-state index is 13.9. The van der Waals surface area contributed by atoms with Gasteiger partial charge in [0.1, 0.15) is 11.6 Å². The van der Waals surface area contributed by atoms with Crippen molar-refractivity contribution in [3.05, 3.63) is 70.8 Å². The number of nitrogens with zero attached hydrogens (tertiary/aromatic N) is 2. The van der Waals surface area contributed by atoms with Gasteiger partial charge in [-0.1, -0.05) is 6.07 Å². The highest BCUT2D eigenvalue weighted by atomic mass is 19.4. The fourth-order valence-electron chi connectivity index (χ4n) is 3.46. The van der Waals surface area contributed by atoms with E-state index in [1.165, 1.54) is 37.6 Å². The Kier molecular flexibility index (Phi) is 6.23. The minimum atomic E-state index is -4.51. The van der Waals surface area contributed by atoms with Crippen molar-refractivity contribution in [2.75, 3.05) is 20.4 Å². The number of hydrogen-bond acceptors (Lipinski definition) is 5. The van der Waals surface area contributed by atoms with Crippen LogP contribution in [0.25, 0.3) is 5.69 Å². The molecule has 4 rings (SSSR count). The summed E-state index contributed by atoms with van der Waals surface area (Å²) in [5.74, 6) is -0.408. The van der Waals surface area contributed by atoms with Gasteiger partial charge in [-0.05, 0) is 42.3 Å². The predicted molar refractivity (Wildman–Crippen MR) is 108 cm³/mol. The number of alkyl halides is 3. The lowest BCUT2D eigenvalue weighted by Crippen LogP contribution is -2.27. The summed E-state index contributed by atoms with van der Waals surface area (Å²) in [5, 5.41) is 6.76. The molecule has 1 aromatic heterocycles. The standard InChI is InChI=1S/C22H19F4N3O4/c1-31-18-10-29(17-4-2-3-15(9-17)22(24,25)26)28-19(18)21(30)27-6-5-13-7-16(23)8-14-11-32-12-33-20(13)14/h2-4,7-10H,5-6,11-12H2,1H3,(H,27,30). The molecule has 2 aromatic carbocycles. The number of hydrogen-bond donors (Lipinski definition) is 1. The number of ether oxygens (including phenoxy) is 3. The van der Waals surface area contributed by atoms with Gasteiger partial charge in [-0.15, -0.1) is 0 Å². The Morgan fingerprint density at radius 1 is 1.27 bits per heavy atom. The summed E-state index contributed by atoms with van der Waals surface area (Å²) in [6.45, 7) is 0.428. The van der Waals surface area contributed by atoms with Crippen LogP contribution in [0.1, 0.15) is 27.2 Å². The number of aromatic nitrogens is 2. The third-order valence-electron chi connectivity index (χ3n) is 4.99. The van der Waals surface area contributed by atoms with E-state index < -0.39 is 23.5 Å². The zero-order valence-electron chi connectivity index (χ0n) is 17.4. The zero-order chi connectivity index (χ0) is 23.6.